The summed E-state index contributed by atoms with van der Waals surface area (Å²) in [7, 11) is 0. The fourth-order valence-electron chi connectivity index (χ4n) is 2.23. The summed E-state index contributed by atoms with van der Waals surface area (Å²) in [6.45, 7) is 0. The zero-order chi connectivity index (χ0) is 15.2. The lowest BCUT2D eigenvalue weighted by Crippen LogP contribution is -2.19. The van der Waals surface area contributed by atoms with Gasteiger partial charge in [0.05, 0.1) is 18.2 Å². The van der Waals surface area contributed by atoms with Gasteiger partial charge in [0.25, 0.3) is 0 Å². The fraction of sp³-hybridized carbons (Fsp3) is 0.0556. The quantitative estimate of drug-likeness (QED) is 0.593. The Hall–Kier alpha value is -3.01. The molecule has 0 unspecified atom stereocenters. The third kappa shape index (κ3) is 3.35. The SMILES string of the molecule is O=C(Cc1ccccc1)NN=Cc1cccc2cccnc12. The van der Waals surface area contributed by atoms with Crippen LogP contribution in [-0.2, 0) is 11.2 Å². The van der Waals surface area contributed by atoms with Crippen LogP contribution in [0.4, 0.5) is 0 Å². The van der Waals surface area contributed by atoms with Gasteiger partial charge in [-0.1, -0.05) is 54.6 Å². The van der Waals surface area contributed by atoms with Crippen molar-refractivity contribution in [1.29, 1.82) is 0 Å². The summed E-state index contributed by atoms with van der Waals surface area (Å²) < 4.78 is 0. The van der Waals surface area contributed by atoms with Gasteiger partial charge in [0.1, 0.15) is 0 Å². The number of benzene rings is 2. The van der Waals surface area contributed by atoms with E-state index in [2.05, 4.69) is 15.5 Å². The molecule has 3 aromatic rings. The van der Waals surface area contributed by atoms with E-state index in [0.29, 0.717) is 6.42 Å². The fourth-order valence-corrected chi connectivity index (χ4v) is 2.23. The highest BCUT2D eigenvalue weighted by molar-refractivity contribution is 5.97. The smallest absolute Gasteiger partial charge is 0.244 e. The molecule has 0 bridgehead atoms. The van der Waals surface area contributed by atoms with Gasteiger partial charge >= 0.3 is 0 Å². The molecule has 0 atom stereocenters. The lowest BCUT2D eigenvalue weighted by Gasteiger charge is -2.01. The Bertz CT molecular complexity index is 807. The number of para-hydroxylation sites is 1. The van der Waals surface area contributed by atoms with Crippen molar-refractivity contribution in [2.75, 3.05) is 0 Å². The second kappa shape index (κ2) is 6.63. The number of carbonyl (C=O) groups excluding carboxylic acids is 1. The van der Waals surface area contributed by atoms with Gasteiger partial charge in [-0.25, -0.2) is 5.43 Å². The summed E-state index contributed by atoms with van der Waals surface area (Å²) in [6, 6.07) is 19.3. The molecule has 108 valence electrons. The lowest BCUT2D eigenvalue weighted by molar-refractivity contribution is -0.120. The van der Waals surface area contributed by atoms with Gasteiger partial charge in [0.2, 0.25) is 5.91 Å². The molecule has 1 aromatic heterocycles. The van der Waals surface area contributed by atoms with E-state index in [4.69, 9.17) is 0 Å². The third-order valence-electron chi connectivity index (χ3n) is 3.26. The Kier molecular flexibility index (Phi) is 4.20. The van der Waals surface area contributed by atoms with Crippen molar-refractivity contribution in [3.05, 3.63) is 78.0 Å². The molecule has 0 fully saturated rings. The van der Waals surface area contributed by atoms with E-state index in [0.717, 1.165) is 22.0 Å². The van der Waals surface area contributed by atoms with Crippen LogP contribution in [0.25, 0.3) is 10.9 Å². The Morgan fingerprint density at radius 1 is 1.05 bits per heavy atom. The van der Waals surface area contributed by atoms with Gasteiger partial charge in [0.15, 0.2) is 0 Å². The van der Waals surface area contributed by atoms with Crippen molar-refractivity contribution in [3.63, 3.8) is 0 Å². The largest absolute Gasteiger partial charge is 0.273 e. The predicted molar refractivity (Wildman–Crippen MR) is 87.6 cm³/mol. The van der Waals surface area contributed by atoms with Crippen LogP contribution in [0, 0.1) is 0 Å². The normalized spacial score (nSPS) is 10.9. The highest BCUT2D eigenvalue weighted by atomic mass is 16.2. The maximum atomic E-state index is 11.8. The summed E-state index contributed by atoms with van der Waals surface area (Å²) >= 11 is 0. The van der Waals surface area contributed by atoms with Crippen LogP contribution in [0.5, 0.6) is 0 Å². The average Bonchev–Trinajstić information content (AvgIpc) is 2.56. The number of aromatic nitrogens is 1. The third-order valence-corrected chi connectivity index (χ3v) is 3.26. The Balaban J connectivity index is 1.67. The van der Waals surface area contributed by atoms with Gasteiger partial charge < -0.3 is 0 Å². The number of carbonyl (C=O) groups is 1. The number of nitrogens with zero attached hydrogens (tertiary/aromatic N) is 2. The summed E-state index contributed by atoms with van der Waals surface area (Å²) in [6.07, 6.45) is 3.68. The molecule has 0 aliphatic carbocycles. The molecule has 0 aliphatic rings. The first-order valence-corrected chi connectivity index (χ1v) is 7.02. The van der Waals surface area contributed by atoms with Crippen molar-refractivity contribution < 1.29 is 4.79 Å². The first kappa shape index (κ1) is 13.9. The van der Waals surface area contributed by atoms with Gasteiger partial charge in [-0.3, -0.25) is 9.78 Å². The highest BCUT2D eigenvalue weighted by Gasteiger charge is 2.02. The minimum atomic E-state index is -0.143. The topological polar surface area (TPSA) is 54.4 Å². The maximum Gasteiger partial charge on any atom is 0.244 e. The minimum Gasteiger partial charge on any atom is -0.273 e. The molecule has 0 aliphatic heterocycles. The van der Waals surface area contributed by atoms with Crippen molar-refractivity contribution in [2.24, 2.45) is 5.10 Å². The molecule has 0 radical (unpaired) electrons. The van der Waals surface area contributed by atoms with Crippen molar-refractivity contribution in [2.45, 2.75) is 6.42 Å². The molecule has 1 N–H and O–H groups in total. The predicted octanol–water partition coefficient (Wildman–Crippen LogP) is 2.93. The molecule has 22 heavy (non-hydrogen) atoms. The van der Waals surface area contributed by atoms with E-state index in [9.17, 15) is 4.79 Å². The first-order chi connectivity index (χ1) is 10.8. The molecular weight excluding hydrogens is 274 g/mol. The summed E-state index contributed by atoms with van der Waals surface area (Å²) in [5.74, 6) is -0.143. The van der Waals surface area contributed by atoms with Crippen LogP contribution in [0.3, 0.4) is 0 Å². The van der Waals surface area contributed by atoms with Gasteiger partial charge in [0, 0.05) is 17.1 Å². The molecular formula is C18H15N3O. The summed E-state index contributed by atoms with van der Waals surface area (Å²) in [5.41, 5.74) is 5.25. The molecule has 3 rings (SSSR count). The van der Waals surface area contributed by atoms with Gasteiger partial charge in [-0.15, -0.1) is 0 Å². The van der Waals surface area contributed by atoms with E-state index in [-0.39, 0.29) is 5.91 Å². The van der Waals surface area contributed by atoms with E-state index < -0.39 is 0 Å². The van der Waals surface area contributed by atoms with E-state index in [1.165, 1.54) is 0 Å². The average molecular weight is 289 g/mol. The van der Waals surface area contributed by atoms with Crippen molar-refractivity contribution in [1.82, 2.24) is 10.4 Å². The molecule has 1 amide bonds. The second-order valence-electron chi connectivity index (χ2n) is 4.88. The first-order valence-electron chi connectivity index (χ1n) is 7.02. The molecule has 1 heterocycles. The molecule has 0 saturated carbocycles. The van der Waals surface area contributed by atoms with Crippen LogP contribution in [0.2, 0.25) is 0 Å². The number of hydrogen-bond donors (Lipinski definition) is 1. The summed E-state index contributed by atoms with van der Waals surface area (Å²) in [4.78, 5) is 16.2. The Morgan fingerprint density at radius 2 is 1.86 bits per heavy atom. The van der Waals surface area contributed by atoms with Crippen LogP contribution in [-0.4, -0.2) is 17.1 Å². The Morgan fingerprint density at radius 3 is 2.73 bits per heavy atom. The van der Waals surface area contributed by atoms with Gasteiger partial charge in [-0.05, 0) is 11.6 Å². The second-order valence-corrected chi connectivity index (χ2v) is 4.88. The van der Waals surface area contributed by atoms with E-state index in [1.807, 2.05) is 60.7 Å². The van der Waals surface area contributed by atoms with Crippen molar-refractivity contribution >= 4 is 23.0 Å². The zero-order valence-corrected chi connectivity index (χ0v) is 11.9. The van der Waals surface area contributed by atoms with Crippen LogP contribution >= 0.6 is 0 Å². The number of nitrogens with one attached hydrogen (secondary N) is 1. The standard InChI is InChI=1S/C18H15N3O/c22-17(12-14-6-2-1-3-7-14)21-20-13-16-9-4-8-15-10-5-11-19-18(15)16/h1-11,13H,12H2,(H,21,22). The minimum absolute atomic E-state index is 0.143. The van der Waals surface area contributed by atoms with E-state index in [1.54, 1.807) is 12.4 Å². The molecule has 0 spiro atoms. The number of amides is 1. The number of hydrogen-bond acceptors (Lipinski definition) is 3. The summed E-state index contributed by atoms with van der Waals surface area (Å²) in [5, 5.41) is 5.07. The maximum absolute atomic E-state index is 11.8. The number of fused-ring (bicyclic) bond motifs is 1. The molecule has 2 aromatic carbocycles. The van der Waals surface area contributed by atoms with Gasteiger partial charge in [-0.2, -0.15) is 5.10 Å². The zero-order valence-electron chi connectivity index (χ0n) is 11.9. The van der Waals surface area contributed by atoms with Crippen LogP contribution in [0.1, 0.15) is 11.1 Å². The highest BCUT2D eigenvalue weighted by Crippen LogP contribution is 2.13. The Labute approximate surface area is 128 Å². The van der Waals surface area contributed by atoms with E-state index >= 15 is 0 Å². The molecule has 0 saturated heterocycles. The monoisotopic (exact) mass is 289 g/mol. The van der Waals surface area contributed by atoms with Crippen LogP contribution in [0.15, 0.2) is 72.0 Å². The number of hydrazone groups is 1. The number of pyridine rings is 1. The van der Waals surface area contributed by atoms with Crippen molar-refractivity contribution in [3.8, 4) is 0 Å². The van der Waals surface area contributed by atoms with Crippen LogP contribution < -0.4 is 5.43 Å². The molecule has 4 nitrogen and oxygen atoms in total. The molecule has 4 heteroatoms. The lowest BCUT2D eigenvalue weighted by atomic mass is 10.1. The number of rotatable bonds is 4.